The summed E-state index contributed by atoms with van der Waals surface area (Å²) in [5.41, 5.74) is 1.44. The Morgan fingerprint density at radius 3 is 2.63 bits per heavy atom. The van der Waals surface area contributed by atoms with E-state index in [0.29, 0.717) is 12.1 Å². The summed E-state index contributed by atoms with van der Waals surface area (Å²) in [6.07, 6.45) is 3.68. The molecule has 0 amide bonds. The average molecular weight is 263 g/mol. The minimum Gasteiger partial charge on any atom is -0.493 e. The second-order valence-electron chi connectivity index (χ2n) is 5.15. The van der Waals surface area contributed by atoms with E-state index in [2.05, 4.69) is 4.90 Å². The molecule has 0 unspecified atom stereocenters. The minimum absolute atomic E-state index is 0.502. The van der Waals surface area contributed by atoms with Gasteiger partial charge in [-0.15, -0.1) is 0 Å². The lowest BCUT2D eigenvalue weighted by atomic mass is 9.79. The Labute approximate surface area is 115 Å². The molecule has 1 fully saturated rings. The summed E-state index contributed by atoms with van der Waals surface area (Å²) in [5.74, 6) is 0.825. The van der Waals surface area contributed by atoms with Gasteiger partial charge in [0.15, 0.2) is 0 Å². The standard InChI is InChI=1S/C14H22BNO3/c1-12-11-13(15(17)18)5-6-14(12)19-10-4-9-16-7-2-3-8-16/h5-6,11,17-18H,2-4,7-10H2,1H3. The maximum absolute atomic E-state index is 9.08. The van der Waals surface area contributed by atoms with Crippen molar-refractivity contribution in [2.75, 3.05) is 26.2 Å². The smallest absolute Gasteiger partial charge is 0.488 e. The van der Waals surface area contributed by atoms with E-state index in [9.17, 15) is 0 Å². The third-order valence-electron chi connectivity index (χ3n) is 3.57. The zero-order valence-corrected chi connectivity index (χ0v) is 11.5. The molecule has 1 aromatic rings. The van der Waals surface area contributed by atoms with Crippen LogP contribution in [0.1, 0.15) is 24.8 Å². The highest BCUT2D eigenvalue weighted by Crippen LogP contribution is 2.16. The molecule has 104 valence electrons. The molecule has 1 saturated heterocycles. The monoisotopic (exact) mass is 263 g/mol. The molecule has 4 nitrogen and oxygen atoms in total. The lowest BCUT2D eigenvalue weighted by Gasteiger charge is -2.15. The van der Waals surface area contributed by atoms with Crippen LogP contribution in [0.25, 0.3) is 0 Å². The highest BCUT2D eigenvalue weighted by molar-refractivity contribution is 6.58. The average Bonchev–Trinajstić information content (AvgIpc) is 2.89. The van der Waals surface area contributed by atoms with E-state index in [1.807, 2.05) is 6.92 Å². The number of ether oxygens (including phenoxy) is 1. The van der Waals surface area contributed by atoms with E-state index in [1.165, 1.54) is 25.9 Å². The molecule has 0 aromatic heterocycles. The fourth-order valence-electron chi connectivity index (χ4n) is 2.47. The molecule has 0 radical (unpaired) electrons. The first kappa shape index (κ1) is 14.4. The number of rotatable bonds is 6. The highest BCUT2D eigenvalue weighted by atomic mass is 16.5. The van der Waals surface area contributed by atoms with Crippen molar-refractivity contribution in [1.82, 2.24) is 4.90 Å². The van der Waals surface area contributed by atoms with Crippen molar-refractivity contribution in [2.24, 2.45) is 0 Å². The Morgan fingerprint density at radius 1 is 1.26 bits per heavy atom. The van der Waals surface area contributed by atoms with Gasteiger partial charge in [0.2, 0.25) is 0 Å². The van der Waals surface area contributed by atoms with Crippen molar-refractivity contribution in [3.63, 3.8) is 0 Å². The van der Waals surface area contributed by atoms with Crippen molar-refractivity contribution < 1.29 is 14.8 Å². The number of benzene rings is 1. The van der Waals surface area contributed by atoms with Gasteiger partial charge in [0, 0.05) is 6.54 Å². The maximum atomic E-state index is 9.08. The predicted molar refractivity (Wildman–Crippen MR) is 76.8 cm³/mol. The van der Waals surface area contributed by atoms with Crippen molar-refractivity contribution in [3.8, 4) is 5.75 Å². The van der Waals surface area contributed by atoms with Gasteiger partial charge < -0.3 is 19.7 Å². The molecule has 0 atom stereocenters. The molecular weight excluding hydrogens is 241 g/mol. The van der Waals surface area contributed by atoms with E-state index in [4.69, 9.17) is 14.8 Å². The van der Waals surface area contributed by atoms with Gasteiger partial charge in [0.05, 0.1) is 6.61 Å². The Balaban J connectivity index is 1.76. The topological polar surface area (TPSA) is 52.9 Å². The van der Waals surface area contributed by atoms with Gasteiger partial charge >= 0.3 is 7.12 Å². The van der Waals surface area contributed by atoms with Crippen molar-refractivity contribution in [2.45, 2.75) is 26.2 Å². The van der Waals surface area contributed by atoms with Crippen molar-refractivity contribution >= 4 is 12.6 Å². The molecule has 0 spiro atoms. The summed E-state index contributed by atoms with van der Waals surface area (Å²) in [6, 6.07) is 5.24. The van der Waals surface area contributed by atoms with E-state index >= 15 is 0 Å². The molecule has 2 N–H and O–H groups in total. The second kappa shape index (κ2) is 6.94. The maximum Gasteiger partial charge on any atom is 0.488 e. The Hall–Kier alpha value is -1.04. The van der Waals surface area contributed by atoms with Gasteiger partial charge in [-0.1, -0.05) is 12.1 Å². The van der Waals surface area contributed by atoms with Crippen LogP contribution in [0.4, 0.5) is 0 Å². The molecular formula is C14H22BNO3. The fourth-order valence-corrected chi connectivity index (χ4v) is 2.47. The number of nitrogens with zero attached hydrogens (tertiary/aromatic N) is 1. The molecule has 1 heterocycles. The number of aryl methyl sites for hydroxylation is 1. The first-order chi connectivity index (χ1) is 9.16. The molecule has 1 aromatic carbocycles. The van der Waals surface area contributed by atoms with Gasteiger partial charge in [-0.3, -0.25) is 0 Å². The lowest BCUT2D eigenvalue weighted by molar-refractivity contribution is 0.262. The van der Waals surface area contributed by atoms with Crippen LogP contribution < -0.4 is 10.2 Å². The van der Waals surface area contributed by atoms with Gasteiger partial charge in [-0.25, -0.2) is 0 Å². The van der Waals surface area contributed by atoms with Crippen molar-refractivity contribution in [3.05, 3.63) is 23.8 Å². The van der Waals surface area contributed by atoms with E-state index in [1.54, 1.807) is 18.2 Å². The van der Waals surface area contributed by atoms with E-state index < -0.39 is 7.12 Å². The summed E-state index contributed by atoms with van der Waals surface area (Å²) in [7, 11) is -1.41. The molecule has 1 aliphatic heterocycles. The highest BCUT2D eigenvalue weighted by Gasteiger charge is 2.13. The van der Waals surface area contributed by atoms with Gasteiger partial charge in [-0.2, -0.15) is 0 Å². The Morgan fingerprint density at radius 2 is 2.00 bits per heavy atom. The molecule has 0 bridgehead atoms. The summed E-state index contributed by atoms with van der Waals surface area (Å²) in [5, 5.41) is 18.2. The quantitative estimate of drug-likeness (QED) is 0.581. The third-order valence-corrected chi connectivity index (χ3v) is 3.57. The summed E-state index contributed by atoms with van der Waals surface area (Å²) in [4.78, 5) is 2.47. The van der Waals surface area contributed by atoms with Gasteiger partial charge in [0.25, 0.3) is 0 Å². The fraction of sp³-hybridized carbons (Fsp3) is 0.571. The van der Waals surface area contributed by atoms with Crippen LogP contribution in [0.2, 0.25) is 0 Å². The summed E-state index contributed by atoms with van der Waals surface area (Å²) >= 11 is 0. The zero-order chi connectivity index (χ0) is 13.7. The van der Waals surface area contributed by atoms with E-state index in [0.717, 1.165) is 24.3 Å². The molecule has 2 rings (SSSR count). The van der Waals surface area contributed by atoms with Crippen molar-refractivity contribution in [1.29, 1.82) is 0 Å². The predicted octanol–water partition coefficient (Wildman–Crippen LogP) is 0.540. The second-order valence-corrected chi connectivity index (χ2v) is 5.15. The van der Waals surface area contributed by atoms with E-state index in [-0.39, 0.29) is 0 Å². The lowest BCUT2D eigenvalue weighted by Crippen LogP contribution is -2.29. The third kappa shape index (κ3) is 4.23. The molecule has 5 heteroatoms. The molecule has 19 heavy (non-hydrogen) atoms. The van der Waals surface area contributed by atoms with Crippen LogP contribution in [0, 0.1) is 6.92 Å². The van der Waals surface area contributed by atoms with Crippen LogP contribution in [0.15, 0.2) is 18.2 Å². The number of hydrogen-bond donors (Lipinski definition) is 2. The van der Waals surface area contributed by atoms with Gasteiger partial charge in [-0.05, 0) is 56.4 Å². The largest absolute Gasteiger partial charge is 0.493 e. The first-order valence-corrected chi connectivity index (χ1v) is 6.98. The number of likely N-dealkylation sites (tertiary alicyclic amines) is 1. The normalized spacial score (nSPS) is 15.7. The van der Waals surface area contributed by atoms with Crippen LogP contribution in [-0.2, 0) is 0 Å². The summed E-state index contributed by atoms with van der Waals surface area (Å²) in [6.45, 7) is 6.18. The first-order valence-electron chi connectivity index (χ1n) is 6.98. The Kier molecular flexibility index (Phi) is 5.25. The minimum atomic E-state index is -1.41. The zero-order valence-electron chi connectivity index (χ0n) is 11.5. The van der Waals surface area contributed by atoms with Crippen LogP contribution in [0.5, 0.6) is 5.75 Å². The van der Waals surface area contributed by atoms with Crippen LogP contribution >= 0.6 is 0 Å². The Bertz CT molecular complexity index is 406. The SMILES string of the molecule is Cc1cc(B(O)O)ccc1OCCCN1CCCC1. The molecule has 1 aliphatic rings. The summed E-state index contributed by atoms with van der Waals surface area (Å²) < 4.78 is 5.74. The van der Waals surface area contributed by atoms with Crippen LogP contribution in [0.3, 0.4) is 0 Å². The molecule has 0 saturated carbocycles. The van der Waals surface area contributed by atoms with Gasteiger partial charge in [0.1, 0.15) is 5.75 Å². The number of hydrogen-bond acceptors (Lipinski definition) is 4. The molecule has 0 aliphatic carbocycles. The van der Waals surface area contributed by atoms with Crippen LogP contribution in [-0.4, -0.2) is 48.3 Å².